The summed E-state index contributed by atoms with van der Waals surface area (Å²) in [4.78, 5) is 19.7. The second-order valence-corrected chi connectivity index (χ2v) is 10.6. The highest BCUT2D eigenvalue weighted by Crippen LogP contribution is 2.36. The van der Waals surface area contributed by atoms with E-state index in [0.29, 0.717) is 52.6 Å². The highest BCUT2D eigenvalue weighted by molar-refractivity contribution is 7.92. The molecule has 0 aliphatic carbocycles. The molecule has 1 saturated heterocycles. The standard InChI is InChI=1S/C22H20F2N6O4S2/c1-12-10-34-6-5-30(12)19-18-22(27-11-26-19)35-21(28-18)13-7-16(20(33-2)25-9-13)29-36(31,32)17-4-3-14(23)8-15(17)24/h3-4,7-9,11-12,29H,5-6,10H2,1-2H3/t12-/m1/s1. The van der Waals surface area contributed by atoms with E-state index in [9.17, 15) is 17.2 Å². The van der Waals surface area contributed by atoms with E-state index in [0.717, 1.165) is 12.1 Å². The van der Waals surface area contributed by atoms with Gasteiger partial charge in [0, 0.05) is 24.4 Å². The highest BCUT2D eigenvalue weighted by atomic mass is 32.2. The van der Waals surface area contributed by atoms with Gasteiger partial charge >= 0.3 is 0 Å². The summed E-state index contributed by atoms with van der Waals surface area (Å²) >= 11 is 1.29. The number of pyridine rings is 1. The third-order valence-electron chi connectivity index (χ3n) is 5.53. The molecule has 1 fully saturated rings. The van der Waals surface area contributed by atoms with Crippen molar-refractivity contribution in [2.75, 3.05) is 36.5 Å². The molecular weight excluding hydrogens is 514 g/mol. The van der Waals surface area contributed by atoms with Gasteiger partial charge in [0.15, 0.2) is 5.82 Å². The fourth-order valence-corrected chi connectivity index (χ4v) is 5.81. The van der Waals surface area contributed by atoms with Gasteiger partial charge in [-0.1, -0.05) is 11.3 Å². The summed E-state index contributed by atoms with van der Waals surface area (Å²) in [5, 5.41) is 0.524. The van der Waals surface area contributed by atoms with Gasteiger partial charge in [-0.05, 0) is 25.1 Å². The first kappa shape index (κ1) is 24.2. The molecule has 1 aliphatic heterocycles. The second-order valence-electron chi connectivity index (χ2n) is 7.95. The number of ether oxygens (including phenoxy) is 2. The minimum Gasteiger partial charge on any atom is -0.480 e. The fourth-order valence-electron chi connectivity index (χ4n) is 3.82. The van der Waals surface area contributed by atoms with Gasteiger partial charge in [0.05, 0.1) is 26.4 Å². The number of sulfonamides is 1. The summed E-state index contributed by atoms with van der Waals surface area (Å²) in [5.41, 5.74) is 1.06. The number of methoxy groups -OCH3 is 1. The Bertz CT molecular complexity index is 1550. The number of fused-ring (bicyclic) bond motifs is 1. The molecule has 4 aromatic rings. The van der Waals surface area contributed by atoms with E-state index in [1.54, 1.807) is 0 Å². The van der Waals surface area contributed by atoms with Crippen molar-refractivity contribution in [3.05, 3.63) is 48.4 Å². The Hall–Kier alpha value is -3.49. The lowest BCUT2D eigenvalue weighted by atomic mass is 10.2. The molecule has 3 aromatic heterocycles. The molecule has 0 amide bonds. The summed E-state index contributed by atoms with van der Waals surface area (Å²) in [5.74, 6) is -1.46. The van der Waals surface area contributed by atoms with Gasteiger partial charge in [0.1, 0.15) is 43.9 Å². The van der Waals surface area contributed by atoms with Gasteiger partial charge in [-0.3, -0.25) is 4.72 Å². The van der Waals surface area contributed by atoms with Crippen molar-refractivity contribution in [2.45, 2.75) is 17.9 Å². The van der Waals surface area contributed by atoms with E-state index in [-0.39, 0.29) is 17.6 Å². The molecule has 4 heterocycles. The first-order valence-corrected chi connectivity index (χ1v) is 13.0. The second kappa shape index (κ2) is 9.52. The fraction of sp³-hybridized carbons (Fsp3) is 0.273. The molecule has 36 heavy (non-hydrogen) atoms. The molecule has 1 atom stereocenters. The zero-order chi connectivity index (χ0) is 25.4. The Morgan fingerprint density at radius 1 is 1.22 bits per heavy atom. The van der Waals surface area contributed by atoms with Crippen LogP contribution in [0.4, 0.5) is 20.3 Å². The molecule has 0 radical (unpaired) electrons. The number of thiazole rings is 1. The van der Waals surface area contributed by atoms with E-state index >= 15 is 0 Å². The molecule has 0 saturated carbocycles. The number of nitrogens with one attached hydrogen (secondary N) is 1. The number of morpholine rings is 1. The SMILES string of the molecule is COc1ncc(-c2nc3c(N4CCOC[C@H]4C)ncnc3s2)cc1NS(=O)(=O)c1ccc(F)cc1F. The Kier molecular flexibility index (Phi) is 6.40. The van der Waals surface area contributed by atoms with E-state index in [2.05, 4.69) is 24.6 Å². The van der Waals surface area contributed by atoms with Crippen molar-refractivity contribution < 1.29 is 26.7 Å². The molecule has 0 spiro atoms. The molecule has 5 rings (SSSR count). The maximum atomic E-state index is 14.2. The summed E-state index contributed by atoms with van der Waals surface area (Å²) < 4.78 is 66.1. The Morgan fingerprint density at radius 2 is 2.06 bits per heavy atom. The Morgan fingerprint density at radius 3 is 2.81 bits per heavy atom. The van der Waals surface area contributed by atoms with Gasteiger partial charge in [-0.15, -0.1) is 0 Å². The number of hydrogen-bond acceptors (Lipinski definition) is 10. The summed E-state index contributed by atoms with van der Waals surface area (Å²) in [6.07, 6.45) is 2.96. The lowest BCUT2D eigenvalue weighted by molar-refractivity contribution is 0.0986. The first-order chi connectivity index (χ1) is 17.3. The van der Waals surface area contributed by atoms with Gasteiger partial charge in [-0.25, -0.2) is 37.1 Å². The average Bonchev–Trinajstić information content (AvgIpc) is 3.28. The van der Waals surface area contributed by atoms with Crippen LogP contribution in [0.5, 0.6) is 5.88 Å². The van der Waals surface area contributed by atoms with Crippen LogP contribution in [0.3, 0.4) is 0 Å². The number of anilines is 2. The van der Waals surface area contributed by atoms with E-state index in [1.165, 1.54) is 37.0 Å². The average molecular weight is 535 g/mol. The Labute approximate surface area is 209 Å². The predicted molar refractivity (Wildman–Crippen MR) is 130 cm³/mol. The van der Waals surface area contributed by atoms with Gasteiger partial charge in [0.25, 0.3) is 10.0 Å². The maximum absolute atomic E-state index is 14.2. The van der Waals surface area contributed by atoms with Crippen LogP contribution in [-0.4, -0.2) is 61.3 Å². The smallest absolute Gasteiger partial charge is 0.264 e. The molecule has 0 unspecified atom stereocenters. The van der Waals surface area contributed by atoms with E-state index in [1.807, 2.05) is 6.92 Å². The quantitative estimate of drug-likeness (QED) is 0.397. The third-order valence-corrected chi connectivity index (χ3v) is 7.95. The zero-order valence-corrected chi connectivity index (χ0v) is 20.7. The number of hydrogen-bond donors (Lipinski definition) is 1. The minimum atomic E-state index is -4.41. The summed E-state index contributed by atoms with van der Waals surface area (Å²) in [6, 6.07) is 3.79. The van der Waals surface area contributed by atoms with Crippen molar-refractivity contribution >= 4 is 43.2 Å². The van der Waals surface area contributed by atoms with E-state index < -0.39 is 26.6 Å². The van der Waals surface area contributed by atoms with Gasteiger partial charge < -0.3 is 14.4 Å². The largest absolute Gasteiger partial charge is 0.480 e. The predicted octanol–water partition coefficient (Wildman–Crippen LogP) is 3.46. The maximum Gasteiger partial charge on any atom is 0.264 e. The number of halogens is 2. The molecule has 10 nitrogen and oxygen atoms in total. The number of rotatable bonds is 6. The molecule has 188 valence electrons. The van der Waals surface area contributed by atoms with Crippen LogP contribution in [0.15, 0.2) is 41.7 Å². The van der Waals surface area contributed by atoms with Crippen LogP contribution in [-0.2, 0) is 14.8 Å². The number of nitrogens with zero attached hydrogens (tertiary/aromatic N) is 5. The lowest BCUT2D eigenvalue weighted by Crippen LogP contribution is -2.44. The first-order valence-electron chi connectivity index (χ1n) is 10.7. The van der Waals surface area contributed by atoms with Crippen LogP contribution in [0.2, 0.25) is 0 Å². The van der Waals surface area contributed by atoms with Gasteiger partial charge in [-0.2, -0.15) is 0 Å². The Balaban J connectivity index is 1.53. The van der Waals surface area contributed by atoms with Crippen LogP contribution in [0.1, 0.15) is 6.92 Å². The van der Waals surface area contributed by atoms with Gasteiger partial charge in [0.2, 0.25) is 5.88 Å². The van der Waals surface area contributed by atoms with Crippen molar-refractivity contribution in [1.29, 1.82) is 0 Å². The van der Waals surface area contributed by atoms with Crippen LogP contribution >= 0.6 is 11.3 Å². The summed E-state index contributed by atoms with van der Waals surface area (Å²) in [7, 11) is -3.09. The topological polar surface area (TPSA) is 119 Å². The van der Waals surface area contributed by atoms with Crippen molar-refractivity contribution in [3.63, 3.8) is 0 Å². The highest BCUT2D eigenvalue weighted by Gasteiger charge is 2.25. The number of aromatic nitrogens is 4. The number of benzene rings is 1. The van der Waals surface area contributed by atoms with Crippen molar-refractivity contribution in [2.24, 2.45) is 0 Å². The molecule has 1 aromatic carbocycles. The monoisotopic (exact) mass is 534 g/mol. The minimum absolute atomic E-state index is 0.0337. The molecule has 1 N–H and O–H groups in total. The summed E-state index contributed by atoms with van der Waals surface area (Å²) in [6.45, 7) is 3.85. The van der Waals surface area contributed by atoms with Crippen LogP contribution in [0.25, 0.3) is 20.9 Å². The lowest BCUT2D eigenvalue weighted by Gasteiger charge is -2.34. The van der Waals surface area contributed by atoms with Crippen molar-refractivity contribution in [1.82, 2.24) is 19.9 Å². The van der Waals surface area contributed by atoms with Crippen LogP contribution in [0, 0.1) is 11.6 Å². The zero-order valence-electron chi connectivity index (χ0n) is 19.1. The molecular formula is C22H20F2N6O4S2. The third kappa shape index (κ3) is 4.54. The van der Waals surface area contributed by atoms with Crippen LogP contribution < -0.4 is 14.4 Å². The molecule has 1 aliphatic rings. The van der Waals surface area contributed by atoms with Crippen molar-refractivity contribution in [3.8, 4) is 16.5 Å². The molecule has 0 bridgehead atoms. The normalized spacial score (nSPS) is 16.3. The molecule has 14 heteroatoms. The van der Waals surface area contributed by atoms with E-state index in [4.69, 9.17) is 14.5 Å².